The number of nitrogens with one attached hydrogen (secondary N) is 2. The molecule has 23 heavy (non-hydrogen) atoms. The minimum absolute atomic E-state index is 0.451. The summed E-state index contributed by atoms with van der Waals surface area (Å²) in [7, 11) is 0. The van der Waals surface area contributed by atoms with Gasteiger partial charge >= 0.3 is 0 Å². The zero-order chi connectivity index (χ0) is 16.1. The first-order chi connectivity index (χ1) is 11.3. The van der Waals surface area contributed by atoms with Crippen molar-refractivity contribution >= 4 is 10.9 Å². The van der Waals surface area contributed by atoms with Gasteiger partial charge in [0, 0.05) is 17.1 Å². The standard InChI is InChI=1S/C10H11N3.C9H9N/c11-6-10-12-7-9(13-10)8-4-2-1-3-5-8;1-7-6-10-9-5-3-2-4-8(7)9/h1-5,7H,6,11H2,(H,12,13);2-6,10H,1H3. The highest BCUT2D eigenvalue weighted by Crippen LogP contribution is 2.16. The van der Waals surface area contributed by atoms with Crippen molar-refractivity contribution in [3.63, 3.8) is 0 Å². The summed E-state index contributed by atoms with van der Waals surface area (Å²) < 4.78 is 0. The van der Waals surface area contributed by atoms with Crippen LogP contribution in [0.2, 0.25) is 0 Å². The number of aryl methyl sites for hydroxylation is 1. The molecule has 0 amide bonds. The van der Waals surface area contributed by atoms with E-state index >= 15 is 0 Å². The van der Waals surface area contributed by atoms with Crippen molar-refractivity contribution in [3.05, 3.63) is 78.4 Å². The minimum atomic E-state index is 0.451. The Morgan fingerprint density at radius 3 is 2.43 bits per heavy atom. The van der Waals surface area contributed by atoms with Crippen LogP contribution in [0.3, 0.4) is 0 Å². The van der Waals surface area contributed by atoms with Crippen LogP contribution in [0.15, 0.2) is 67.0 Å². The number of nitrogens with zero attached hydrogens (tertiary/aromatic N) is 1. The van der Waals surface area contributed by atoms with Crippen molar-refractivity contribution in [2.45, 2.75) is 13.5 Å². The molecule has 4 aromatic rings. The predicted molar refractivity (Wildman–Crippen MR) is 95.0 cm³/mol. The van der Waals surface area contributed by atoms with Gasteiger partial charge in [0.25, 0.3) is 0 Å². The van der Waals surface area contributed by atoms with Crippen LogP contribution in [0, 0.1) is 6.92 Å². The molecule has 0 bridgehead atoms. The van der Waals surface area contributed by atoms with Gasteiger partial charge < -0.3 is 15.7 Å². The molecule has 2 aromatic carbocycles. The number of aromatic amines is 2. The Morgan fingerprint density at radius 1 is 1.00 bits per heavy atom. The number of imidazole rings is 1. The summed E-state index contributed by atoms with van der Waals surface area (Å²) in [5.41, 5.74) is 10.1. The number of hydrogen-bond donors (Lipinski definition) is 3. The molecule has 0 fully saturated rings. The van der Waals surface area contributed by atoms with Crippen LogP contribution in [-0.2, 0) is 6.54 Å². The third kappa shape index (κ3) is 3.49. The van der Waals surface area contributed by atoms with Crippen molar-refractivity contribution in [2.24, 2.45) is 5.73 Å². The molecule has 2 heterocycles. The van der Waals surface area contributed by atoms with E-state index < -0.39 is 0 Å². The number of rotatable bonds is 2. The fourth-order valence-corrected chi connectivity index (χ4v) is 2.45. The Hall–Kier alpha value is -2.85. The average molecular weight is 304 g/mol. The first-order valence-corrected chi connectivity index (χ1v) is 7.60. The van der Waals surface area contributed by atoms with Gasteiger partial charge in [0.15, 0.2) is 0 Å². The molecule has 0 saturated heterocycles. The zero-order valence-corrected chi connectivity index (χ0v) is 13.1. The van der Waals surface area contributed by atoms with E-state index in [-0.39, 0.29) is 0 Å². The lowest BCUT2D eigenvalue weighted by molar-refractivity contribution is 0.950. The number of benzene rings is 2. The number of nitrogens with two attached hydrogens (primary N) is 1. The second-order valence-corrected chi connectivity index (χ2v) is 5.33. The van der Waals surface area contributed by atoms with E-state index in [2.05, 4.69) is 40.1 Å². The lowest BCUT2D eigenvalue weighted by Crippen LogP contribution is -1.97. The van der Waals surface area contributed by atoms with Crippen LogP contribution in [0.4, 0.5) is 0 Å². The normalized spacial score (nSPS) is 10.3. The Morgan fingerprint density at radius 2 is 1.74 bits per heavy atom. The summed E-state index contributed by atoms with van der Waals surface area (Å²) in [6, 6.07) is 18.4. The number of aromatic nitrogens is 3. The highest BCUT2D eigenvalue weighted by molar-refractivity contribution is 5.82. The van der Waals surface area contributed by atoms with Crippen LogP contribution in [0.25, 0.3) is 22.2 Å². The summed E-state index contributed by atoms with van der Waals surface area (Å²) in [5, 5.41) is 1.32. The van der Waals surface area contributed by atoms with Gasteiger partial charge in [-0.3, -0.25) is 0 Å². The monoisotopic (exact) mass is 304 g/mol. The fourth-order valence-electron chi connectivity index (χ4n) is 2.45. The zero-order valence-electron chi connectivity index (χ0n) is 13.1. The molecule has 0 spiro atoms. The molecule has 0 saturated carbocycles. The number of fused-ring (bicyclic) bond motifs is 1. The molecule has 116 valence electrons. The molecular weight excluding hydrogens is 284 g/mol. The van der Waals surface area contributed by atoms with Gasteiger partial charge in [-0.25, -0.2) is 4.98 Å². The van der Waals surface area contributed by atoms with Crippen molar-refractivity contribution in [3.8, 4) is 11.3 Å². The third-order valence-electron chi connectivity index (χ3n) is 3.70. The molecule has 4 N–H and O–H groups in total. The van der Waals surface area contributed by atoms with Gasteiger partial charge in [-0.15, -0.1) is 0 Å². The Kier molecular flexibility index (Phi) is 4.54. The first-order valence-electron chi connectivity index (χ1n) is 7.60. The minimum Gasteiger partial charge on any atom is -0.361 e. The average Bonchev–Trinajstić information content (AvgIpc) is 3.24. The van der Waals surface area contributed by atoms with Crippen molar-refractivity contribution < 1.29 is 0 Å². The van der Waals surface area contributed by atoms with Crippen LogP contribution in [0.1, 0.15) is 11.4 Å². The van der Waals surface area contributed by atoms with Crippen molar-refractivity contribution in [1.29, 1.82) is 0 Å². The van der Waals surface area contributed by atoms with Gasteiger partial charge in [0.2, 0.25) is 0 Å². The van der Waals surface area contributed by atoms with Crippen LogP contribution in [-0.4, -0.2) is 15.0 Å². The fraction of sp³-hybridized carbons (Fsp3) is 0.105. The maximum Gasteiger partial charge on any atom is 0.120 e. The highest BCUT2D eigenvalue weighted by atomic mass is 14.9. The maximum atomic E-state index is 5.45. The number of hydrogen-bond acceptors (Lipinski definition) is 2. The number of para-hydroxylation sites is 1. The molecule has 4 heteroatoms. The van der Waals surface area contributed by atoms with E-state index in [1.165, 1.54) is 16.5 Å². The third-order valence-corrected chi connectivity index (χ3v) is 3.70. The first kappa shape index (κ1) is 15.1. The summed E-state index contributed by atoms with van der Waals surface area (Å²) in [5.74, 6) is 0.818. The molecule has 0 unspecified atom stereocenters. The summed E-state index contributed by atoms with van der Waals surface area (Å²) in [6.45, 7) is 2.56. The van der Waals surface area contributed by atoms with E-state index in [0.717, 1.165) is 17.1 Å². The lowest BCUT2D eigenvalue weighted by Gasteiger charge is -1.94. The van der Waals surface area contributed by atoms with E-state index in [1.807, 2.05) is 42.6 Å². The molecule has 0 aliphatic rings. The largest absolute Gasteiger partial charge is 0.361 e. The second kappa shape index (κ2) is 6.94. The Balaban J connectivity index is 0.000000140. The molecule has 0 radical (unpaired) electrons. The predicted octanol–water partition coefficient (Wildman–Crippen LogP) is 4.01. The molecule has 2 aromatic heterocycles. The molecule has 4 rings (SSSR count). The SMILES string of the molecule is Cc1c[nH]c2ccccc12.NCc1ncc(-c2ccccc2)[nH]1. The van der Waals surface area contributed by atoms with Crippen LogP contribution in [0.5, 0.6) is 0 Å². The van der Waals surface area contributed by atoms with Gasteiger partial charge in [0.05, 0.1) is 18.4 Å². The van der Waals surface area contributed by atoms with E-state index in [4.69, 9.17) is 5.73 Å². The summed E-state index contributed by atoms with van der Waals surface area (Å²) in [4.78, 5) is 10.5. The molecular formula is C19H20N4. The van der Waals surface area contributed by atoms with Gasteiger partial charge in [-0.2, -0.15) is 0 Å². The Bertz CT molecular complexity index is 874. The van der Waals surface area contributed by atoms with Crippen molar-refractivity contribution in [2.75, 3.05) is 0 Å². The topological polar surface area (TPSA) is 70.5 Å². The maximum absolute atomic E-state index is 5.45. The van der Waals surface area contributed by atoms with Crippen LogP contribution >= 0.6 is 0 Å². The lowest BCUT2D eigenvalue weighted by atomic mass is 10.2. The number of H-pyrrole nitrogens is 2. The van der Waals surface area contributed by atoms with Crippen molar-refractivity contribution in [1.82, 2.24) is 15.0 Å². The second-order valence-electron chi connectivity index (χ2n) is 5.33. The van der Waals surface area contributed by atoms with Gasteiger partial charge in [-0.05, 0) is 24.1 Å². The van der Waals surface area contributed by atoms with E-state index in [9.17, 15) is 0 Å². The van der Waals surface area contributed by atoms with Gasteiger partial charge in [-0.1, -0.05) is 48.5 Å². The highest BCUT2D eigenvalue weighted by Gasteiger charge is 1.99. The Labute approximate surface area is 135 Å². The van der Waals surface area contributed by atoms with Gasteiger partial charge in [0.1, 0.15) is 5.82 Å². The summed E-state index contributed by atoms with van der Waals surface area (Å²) in [6.07, 6.45) is 3.84. The molecule has 0 aliphatic heterocycles. The van der Waals surface area contributed by atoms with Crippen LogP contribution < -0.4 is 5.73 Å². The van der Waals surface area contributed by atoms with E-state index in [0.29, 0.717) is 6.54 Å². The van der Waals surface area contributed by atoms with E-state index in [1.54, 1.807) is 6.20 Å². The summed E-state index contributed by atoms with van der Waals surface area (Å²) >= 11 is 0. The molecule has 0 aliphatic carbocycles. The quantitative estimate of drug-likeness (QED) is 0.523. The molecule has 4 nitrogen and oxygen atoms in total. The smallest absolute Gasteiger partial charge is 0.120 e. The molecule has 0 atom stereocenters.